The first-order valence-corrected chi connectivity index (χ1v) is 5.43. The van der Waals surface area contributed by atoms with Crippen LogP contribution in [0, 0.1) is 5.41 Å². The predicted molar refractivity (Wildman–Crippen MR) is 60.8 cm³/mol. The SMILES string of the molecule is CN1CCC(C=O)(Cc2ccccc2)C1. The first kappa shape index (κ1) is 10.4. The van der Waals surface area contributed by atoms with E-state index in [4.69, 9.17) is 0 Å². The largest absolute Gasteiger partial charge is 0.305 e. The third kappa shape index (κ3) is 2.26. The molecule has 2 nitrogen and oxygen atoms in total. The van der Waals surface area contributed by atoms with Gasteiger partial charge < -0.3 is 9.69 Å². The molecule has 1 aromatic rings. The Morgan fingerprint density at radius 1 is 1.40 bits per heavy atom. The van der Waals surface area contributed by atoms with Crippen LogP contribution in [0.2, 0.25) is 0 Å². The molecule has 0 N–H and O–H groups in total. The summed E-state index contributed by atoms with van der Waals surface area (Å²) in [6.45, 7) is 1.93. The summed E-state index contributed by atoms with van der Waals surface area (Å²) in [6.07, 6.45) is 3.02. The van der Waals surface area contributed by atoms with Crippen LogP contribution in [0.5, 0.6) is 0 Å². The second kappa shape index (κ2) is 4.15. The van der Waals surface area contributed by atoms with E-state index in [1.807, 2.05) is 18.2 Å². The molecule has 0 spiro atoms. The molecule has 2 rings (SSSR count). The molecular formula is C13H17NO. The van der Waals surface area contributed by atoms with Crippen LogP contribution >= 0.6 is 0 Å². The van der Waals surface area contributed by atoms with E-state index in [0.29, 0.717) is 0 Å². The molecule has 1 atom stereocenters. The van der Waals surface area contributed by atoms with Crippen LogP contribution < -0.4 is 0 Å². The maximum atomic E-state index is 11.3. The number of hydrogen-bond donors (Lipinski definition) is 0. The van der Waals surface area contributed by atoms with Crippen LogP contribution in [0.25, 0.3) is 0 Å². The van der Waals surface area contributed by atoms with Gasteiger partial charge in [0.15, 0.2) is 0 Å². The second-order valence-electron chi connectivity index (χ2n) is 4.63. The number of carbonyl (C=O) groups excluding carboxylic acids is 1. The Balaban J connectivity index is 2.12. The van der Waals surface area contributed by atoms with Crippen molar-refractivity contribution in [3.63, 3.8) is 0 Å². The van der Waals surface area contributed by atoms with E-state index in [1.54, 1.807) is 0 Å². The van der Waals surface area contributed by atoms with Gasteiger partial charge in [0.2, 0.25) is 0 Å². The summed E-state index contributed by atoms with van der Waals surface area (Å²) in [5, 5.41) is 0. The van der Waals surface area contributed by atoms with Crippen LogP contribution in [0.3, 0.4) is 0 Å². The molecular weight excluding hydrogens is 186 g/mol. The topological polar surface area (TPSA) is 20.3 Å². The van der Waals surface area contributed by atoms with Crippen molar-refractivity contribution in [1.82, 2.24) is 4.90 Å². The molecule has 1 saturated heterocycles. The Hall–Kier alpha value is -1.15. The van der Waals surface area contributed by atoms with E-state index in [-0.39, 0.29) is 5.41 Å². The molecule has 1 aliphatic heterocycles. The summed E-state index contributed by atoms with van der Waals surface area (Å²) < 4.78 is 0. The molecule has 1 heterocycles. The van der Waals surface area contributed by atoms with Crippen molar-refractivity contribution in [2.75, 3.05) is 20.1 Å². The highest BCUT2D eigenvalue weighted by molar-refractivity contribution is 5.61. The number of aldehydes is 1. The second-order valence-corrected chi connectivity index (χ2v) is 4.63. The van der Waals surface area contributed by atoms with Gasteiger partial charge in [-0.25, -0.2) is 0 Å². The lowest BCUT2D eigenvalue weighted by Crippen LogP contribution is -2.29. The molecule has 1 aliphatic rings. The fourth-order valence-electron chi connectivity index (χ4n) is 2.39. The molecule has 1 unspecified atom stereocenters. The highest BCUT2D eigenvalue weighted by atomic mass is 16.1. The summed E-state index contributed by atoms with van der Waals surface area (Å²) >= 11 is 0. The quantitative estimate of drug-likeness (QED) is 0.698. The van der Waals surface area contributed by atoms with Crippen molar-refractivity contribution in [3.8, 4) is 0 Å². The van der Waals surface area contributed by atoms with Crippen molar-refractivity contribution in [2.45, 2.75) is 12.8 Å². The third-order valence-electron chi connectivity index (χ3n) is 3.23. The van der Waals surface area contributed by atoms with Crippen LogP contribution in [0.15, 0.2) is 30.3 Å². The number of carbonyl (C=O) groups is 1. The van der Waals surface area contributed by atoms with Crippen molar-refractivity contribution in [3.05, 3.63) is 35.9 Å². The molecule has 0 amide bonds. The molecule has 1 aromatic carbocycles. The number of nitrogens with zero attached hydrogens (tertiary/aromatic N) is 1. The van der Waals surface area contributed by atoms with E-state index in [9.17, 15) is 4.79 Å². The van der Waals surface area contributed by atoms with Crippen LogP contribution in [0.4, 0.5) is 0 Å². The first-order valence-electron chi connectivity index (χ1n) is 5.43. The average Bonchev–Trinajstić information content (AvgIpc) is 2.62. The summed E-state index contributed by atoms with van der Waals surface area (Å²) in [4.78, 5) is 13.5. The minimum atomic E-state index is -0.143. The van der Waals surface area contributed by atoms with Gasteiger partial charge in [0.1, 0.15) is 6.29 Å². The van der Waals surface area contributed by atoms with E-state index in [2.05, 4.69) is 24.1 Å². The lowest BCUT2D eigenvalue weighted by atomic mass is 9.82. The van der Waals surface area contributed by atoms with Gasteiger partial charge >= 0.3 is 0 Å². The molecule has 2 heteroatoms. The minimum absolute atomic E-state index is 0.143. The Labute approximate surface area is 90.9 Å². The zero-order chi connectivity index (χ0) is 10.7. The van der Waals surface area contributed by atoms with E-state index in [0.717, 1.165) is 32.2 Å². The smallest absolute Gasteiger partial charge is 0.127 e. The number of hydrogen-bond acceptors (Lipinski definition) is 2. The Morgan fingerprint density at radius 2 is 2.13 bits per heavy atom. The number of benzene rings is 1. The first-order chi connectivity index (χ1) is 7.24. The minimum Gasteiger partial charge on any atom is -0.305 e. The normalized spacial score (nSPS) is 26.7. The lowest BCUT2D eigenvalue weighted by Gasteiger charge is -2.21. The zero-order valence-corrected chi connectivity index (χ0v) is 9.15. The standard InChI is InChI=1S/C13H17NO/c1-14-8-7-13(10-14,11-15)9-12-5-3-2-4-6-12/h2-6,11H,7-10H2,1H3. The monoisotopic (exact) mass is 203 g/mol. The van der Waals surface area contributed by atoms with Crippen molar-refractivity contribution in [2.24, 2.45) is 5.41 Å². The summed E-state index contributed by atoms with van der Waals surface area (Å²) in [5.41, 5.74) is 1.12. The van der Waals surface area contributed by atoms with Crippen molar-refractivity contribution < 1.29 is 4.79 Å². The molecule has 0 aliphatic carbocycles. The summed E-state index contributed by atoms with van der Waals surface area (Å²) in [7, 11) is 2.08. The molecule has 1 fully saturated rings. The summed E-state index contributed by atoms with van der Waals surface area (Å²) in [6, 6.07) is 10.3. The van der Waals surface area contributed by atoms with E-state index in [1.165, 1.54) is 5.56 Å². The van der Waals surface area contributed by atoms with Gasteiger partial charge in [-0.3, -0.25) is 0 Å². The predicted octanol–water partition coefficient (Wildman–Crippen LogP) is 1.75. The Kier molecular flexibility index (Phi) is 2.87. The maximum absolute atomic E-state index is 11.3. The maximum Gasteiger partial charge on any atom is 0.127 e. The van der Waals surface area contributed by atoms with Gasteiger partial charge in [-0.05, 0) is 32.0 Å². The van der Waals surface area contributed by atoms with E-state index < -0.39 is 0 Å². The summed E-state index contributed by atoms with van der Waals surface area (Å²) in [5.74, 6) is 0. The Bertz CT molecular complexity index is 336. The van der Waals surface area contributed by atoms with Gasteiger partial charge in [0.05, 0.1) is 0 Å². The van der Waals surface area contributed by atoms with Crippen molar-refractivity contribution >= 4 is 6.29 Å². The van der Waals surface area contributed by atoms with Crippen LogP contribution in [0.1, 0.15) is 12.0 Å². The highest BCUT2D eigenvalue weighted by Gasteiger charge is 2.36. The van der Waals surface area contributed by atoms with Gasteiger partial charge in [-0.15, -0.1) is 0 Å². The van der Waals surface area contributed by atoms with Gasteiger partial charge in [-0.2, -0.15) is 0 Å². The van der Waals surface area contributed by atoms with E-state index >= 15 is 0 Å². The molecule has 80 valence electrons. The average molecular weight is 203 g/mol. The van der Waals surface area contributed by atoms with Gasteiger partial charge in [-0.1, -0.05) is 30.3 Å². The fraction of sp³-hybridized carbons (Fsp3) is 0.462. The van der Waals surface area contributed by atoms with Gasteiger partial charge in [0, 0.05) is 12.0 Å². The van der Waals surface area contributed by atoms with Crippen molar-refractivity contribution in [1.29, 1.82) is 0 Å². The third-order valence-corrected chi connectivity index (χ3v) is 3.23. The highest BCUT2D eigenvalue weighted by Crippen LogP contribution is 2.31. The zero-order valence-electron chi connectivity index (χ0n) is 9.15. The fourth-order valence-corrected chi connectivity index (χ4v) is 2.39. The number of rotatable bonds is 3. The lowest BCUT2D eigenvalue weighted by molar-refractivity contribution is -0.115. The molecule has 0 bridgehead atoms. The van der Waals surface area contributed by atoms with Crippen LogP contribution in [-0.4, -0.2) is 31.3 Å². The molecule has 0 radical (unpaired) electrons. The van der Waals surface area contributed by atoms with Gasteiger partial charge in [0.25, 0.3) is 0 Å². The molecule has 0 saturated carbocycles. The Morgan fingerprint density at radius 3 is 2.67 bits per heavy atom. The molecule has 15 heavy (non-hydrogen) atoms. The van der Waals surface area contributed by atoms with Crippen LogP contribution in [-0.2, 0) is 11.2 Å². The molecule has 0 aromatic heterocycles. The number of likely N-dealkylation sites (tertiary alicyclic amines) is 1.